The monoisotopic (exact) mass is 128 g/mol. The maximum atomic E-state index is 3.10. The van der Waals surface area contributed by atoms with Crippen LogP contribution in [0.4, 0.5) is 0 Å². The fourth-order valence-corrected chi connectivity index (χ4v) is 0.683. The molecule has 0 rings (SSSR count). The molecule has 0 bridgehead atoms. The predicted molar refractivity (Wildman–Crippen MR) is 41.0 cm³/mol. The summed E-state index contributed by atoms with van der Waals surface area (Å²) in [5, 5.41) is 6.08. The Morgan fingerprint density at radius 2 is 1.89 bits per heavy atom. The number of hydrogen-bond acceptors (Lipinski definition) is 2. The van der Waals surface area contributed by atoms with Crippen LogP contribution in [0.3, 0.4) is 0 Å². The van der Waals surface area contributed by atoms with Crippen molar-refractivity contribution < 1.29 is 0 Å². The van der Waals surface area contributed by atoms with Gasteiger partial charge < -0.3 is 10.6 Å². The van der Waals surface area contributed by atoms with Gasteiger partial charge in [-0.1, -0.05) is 13.8 Å². The van der Waals surface area contributed by atoms with Gasteiger partial charge in [0.05, 0.1) is 0 Å². The van der Waals surface area contributed by atoms with Gasteiger partial charge in [-0.15, -0.1) is 0 Å². The number of hydrogen-bond donors (Lipinski definition) is 2. The molecule has 0 atom stereocenters. The zero-order valence-corrected chi connectivity index (χ0v) is 6.65. The van der Waals surface area contributed by atoms with Gasteiger partial charge in [0.15, 0.2) is 0 Å². The molecule has 0 fully saturated rings. The van der Waals surface area contributed by atoms with Crippen LogP contribution >= 0.6 is 0 Å². The van der Waals surface area contributed by atoms with E-state index in [1.165, 1.54) is 5.70 Å². The van der Waals surface area contributed by atoms with E-state index in [-0.39, 0.29) is 0 Å². The highest BCUT2D eigenvalue weighted by Crippen LogP contribution is 2.02. The van der Waals surface area contributed by atoms with E-state index in [0.29, 0.717) is 5.92 Å². The molecule has 0 spiro atoms. The van der Waals surface area contributed by atoms with Crippen molar-refractivity contribution in [3.8, 4) is 0 Å². The molecule has 0 aromatic rings. The van der Waals surface area contributed by atoms with Crippen LogP contribution in [0.25, 0.3) is 0 Å². The van der Waals surface area contributed by atoms with Gasteiger partial charge in [0.25, 0.3) is 0 Å². The molecule has 0 heterocycles. The lowest BCUT2D eigenvalue weighted by atomic mass is 10.1. The SMILES string of the molecule is CN/C=C(\NC)C(C)C. The van der Waals surface area contributed by atoms with Gasteiger partial charge >= 0.3 is 0 Å². The Morgan fingerprint density at radius 3 is 2.00 bits per heavy atom. The summed E-state index contributed by atoms with van der Waals surface area (Å²) in [5.74, 6) is 0.572. The van der Waals surface area contributed by atoms with E-state index in [4.69, 9.17) is 0 Å². The third-order valence-corrected chi connectivity index (χ3v) is 1.21. The van der Waals surface area contributed by atoms with E-state index < -0.39 is 0 Å². The topological polar surface area (TPSA) is 24.1 Å². The third kappa shape index (κ3) is 3.01. The van der Waals surface area contributed by atoms with Crippen LogP contribution < -0.4 is 10.6 Å². The second-order valence-corrected chi connectivity index (χ2v) is 2.29. The average Bonchev–Trinajstić information content (AvgIpc) is 1.82. The van der Waals surface area contributed by atoms with Crippen LogP contribution in [-0.4, -0.2) is 14.1 Å². The number of rotatable bonds is 3. The average molecular weight is 128 g/mol. The normalized spacial score (nSPS) is 11.9. The first kappa shape index (κ1) is 8.34. The minimum atomic E-state index is 0.572. The van der Waals surface area contributed by atoms with Gasteiger partial charge in [-0.3, -0.25) is 0 Å². The molecule has 0 aliphatic heterocycles. The van der Waals surface area contributed by atoms with Gasteiger partial charge in [-0.05, 0) is 5.92 Å². The maximum absolute atomic E-state index is 3.10. The quantitative estimate of drug-likeness (QED) is 0.590. The molecule has 0 saturated carbocycles. The van der Waals surface area contributed by atoms with Crippen molar-refractivity contribution in [2.24, 2.45) is 5.92 Å². The van der Waals surface area contributed by atoms with Gasteiger partial charge in [-0.2, -0.15) is 0 Å². The standard InChI is InChI=1S/C7H16N2/c1-6(2)7(9-4)5-8-3/h5-6,8-9H,1-4H3/b7-5-. The lowest BCUT2D eigenvalue weighted by molar-refractivity contribution is 0.688. The van der Waals surface area contributed by atoms with E-state index >= 15 is 0 Å². The van der Waals surface area contributed by atoms with Gasteiger partial charge in [0.1, 0.15) is 0 Å². The highest BCUT2D eigenvalue weighted by atomic mass is 14.9. The van der Waals surface area contributed by atoms with Crippen molar-refractivity contribution in [2.45, 2.75) is 13.8 Å². The van der Waals surface area contributed by atoms with Crippen LogP contribution in [0, 0.1) is 5.92 Å². The Morgan fingerprint density at radius 1 is 1.33 bits per heavy atom. The molecule has 9 heavy (non-hydrogen) atoms. The fraction of sp³-hybridized carbons (Fsp3) is 0.714. The van der Waals surface area contributed by atoms with Gasteiger partial charge in [0, 0.05) is 26.0 Å². The van der Waals surface area contributed by atoms with Gasteiger partial charge in [-0.25, -0.2) is 0 Å². The molecule has 0 amide bonds. The minimum Gasteiger partial charge on any atom is -0.393 e. The predicted octanol–water partition coefficient (Wildman–Crippen LogP) is 0.923. The summed E-state index contributed by atoms with van der Waals surface area (Å²) in [7, 11) is 3.84. The summed E-state index contributed by atoms with van der Waals surface area (Å²) in [4.78, 5) is 0. The largest absolute Gasteiger partial charge is 0.393 e. The smallest absolute Gasteiger partial charge is 0.0289 e. The zero-order chi connectivity index (χ0) is 7.28. The van der Waals surface area contributed by atoms with Crippen LogP contribution in [-0.2, 0) is 0 Å². The van der Waals surface area contributed by atoms with Crippen LogP contribution in [0.5, 0.6) is 0 Å². The molecule has 0 unspecified atom stereocenters. The van der Waals surface area contributed by atoms with Crippen molar-refractivity contribution in [3.05, 3.63) is 11.9 Å². The Hall–Kier alpha value is -0.660. The molecule has 0 saturated heterocycles. The summed E-state index contributed by atoms with van der Waals surface area (Å²) in [6.07, 6.45) is 1.98. The summed E-state index contributed by atoms with van der Waals surface area (Å²) in [6.45, 7) is 4.30. The van der Waals surface area contributed by atoms with Crippen LogP contribution in [0.2, 0.25) is 0 Å². The Kier molecular flexibility index (Phi) is 3.93. The lowest BCUT2D eigenvalue weighted by Crippen LogP contribution is -2.14. The molecule has 0 radical (unpaired) electrons. The van der Waals surface area contributed by atoms with E-state index in [1.807, 2.05) is 20.3 Å². The molecular weight excluding hydrogens is 112 g/mol. The van der Waals surface area contributed by atoms with Crippen molar-refractivity contribution in [1.82, 2.24) is 10.6 Å². The van der Waals surface area contributed by atoms with Crippen LogP contribution in [0.15, 0.2) is 11.9 Å². The zero-order valence-electron chi connectivity index (χ0n) is 6.65. The van der Waals surface area contributed by atoms with Crippen molar-refractivity contribution in [3.63, 3.8) is 0 Å². The first-order chi connectivity index (χ1) is 4.22. The van der Waals surface area contributed by atoms with Crippen molar-refractivity contribution in [1.29, 1.82) is 0 Å². The van der Waals surface area contributed by atoms with Gasteiger partial charge in [0.2, 0.25) is 0 Å². The number of nitrogens with one attached hydrogen (secondary N) is 2. The minimum absolute atomic E-state index is 0.572. The number of allylic oxidation sites excluding steroid dienone is 1. The Labute approximate surface area is 57.3 Å². The summed E-state index contributed by atoms with van der Waals surface area (Å²) in [5.41, 5.74) is 1.23. The second-order valence-electron chi connectivity index (χ2n) is 2.29. The molecule has 2 N–H and O–H groups in total. The third-order valence-electron chi connectivity index (χ3n) is 1.21. The molecule has 54 valence electrons. The first-order valence-electron chi connectivity index (χ1n) is 3.27. The molecule has 0 aliphatic carbocycles. The second kappa shape index (κ2) is 4.24. The van der Waals surface area contributed by atoms with Crippen LogP contribution in [0.1, 0.15) is 13.8 Å². The van der Waals surface area contributed by atoms with Crippen molar-refractivity contribution >= 4 is 0 Å². The molecule has 2 nitrogen and oxygen atoms in total. The highest BCUT2D eigenvalue weighted by Gasteiger charge is 1.96. The van der Waals surface area contributed by atoms with E-state index in [0.717, 1.165) is 0 Å². The summed E-state index contributed by atoms with van der Waals surface area (Å²) >= 11 is 0. The molecular formula is C7H16N2. The molecule has 2 heteroatoms. The maximum Gasteiger partial charge on any atom is 0.0289 e. The summed E-state index contributed by atoms with van der Waals surface area (Å²) < 4.78 is 0. The highest BCUT2D eigenvalue weighted by molar-refractivity contribution is 4.99. The Balaban J connectivity index is 3.81. The summed E-state index contributed by atoms with van der Waals surface area (Å²) in [6, 6.07) is 0. The first-order valence-corrected chi connectivity index (χ1v) is 3.27. The van der Waals surface area contributed by atoms with E-state index in [9.17, 15) is 0 Å². The van der Waals surface area contributed by atoms with Crippen molar-refractivity contribution in [2.75, 3.05) is 14.1 Å². The molecule has 0 aliphatic rings. The molecule has 0 aromatic heterocycles. The Bertz CT molecular complexity index is 95.1. The fourth-order valence-electron chi connectivity index (χ4n) is 0.683. The lowest BCUT2D eigenvalue weighted by Gasteiger charge is -2.09. The van der Waals surface area contributed by atoms with E-state index in [1.54, 1.807) is 0 Å². The molecule has 0 aromatic carbocycles. The van der Waals surface area contributed by atoms with E-state index in [2.05, 4.69) is 24.5 Å².